The molecule has 0 saturated carbocycles. The summed E-state index contributed by atoms with van der Waals surface area (Å²) in [6.45, 7) is 0. The lowest BCUT2D eigenvalue weighted by molar-refractivity contribution is -0.137. The summed E-state index contributed by atoms with van der Waals surface area (Å²) < 4.78 is 65.8. The van der Waals surface area contributed by atoms with Crippen molar-refractivity contribution in [3.05, 3.63) is 88.4 Å². The van der Waals surface area contributed by atoms with Crippen molar-refractivity contribution in [2.45, 2.75) is 11.1 Å². The van der Waals surface area contributed by atoms with E-state index in [0.717, 1.165) is 12.1 Å². The van der Waals surface area contributed by atoms with Crippen LogP contribution < -0.4 is 10.0 Å². The first-order valence-electron chi connectivity index (χ1n) is 9.02. The van der Waals surface area contributed by atoms with Gasteiger partial charge in [0.15, 0.2) is 0 Å². The van der Waals surface area contributed by atoms with Crippen LogP contribution in [-0.2, 0) is 16.2 Å². The van der Waals surface area contributed by atoms with Crippen molar-refractivity contribution in [2.24, 2.45) is 0 Å². The molecule has 0 aromatic heterocycles. The van der Waals surface area contributed by atoms with Gasteiger partial charge in [0.25, 0.3) is 15.9 Å². The summed E-state index contributed by atoms with van der Waals surface area (Å²) in [7, 11) is -4.32. The topological polar surface area (TPSA) is 113 Å². The molecule has 0 aliphatic carbocycles. The second kappa shape index (κ2) is 9.12. The number of amides is 1. The van der Waals surface area contributed by atoms with E-state index in [-0.39, 0.29) is 27.4 Å². The van der Waals surface area contributed by atoms with E-state index < -0.39 is 38.7 Å². The number of para-hydroxylation sites is 1. The molecule has 0 aliphatic heterocycles. The third-order valence-corrected chi connectivity index (χ3v) is 6.03. The Morgan fingerprint density at radius 3 is 2.24 bits per heavy atom. The lowest BCUT2D eigenvalue weighted by Gasteiger charge is -2.13. The van der Waals surface area contributed by atoms with Crippen LogP contribution in [0.5, 0.6) is 0 Å². The smallest absolute Gasteiger partial charge is 0.416 e. The molecule has 12 heteroatoms. The van der Waals surface area contributed by atoms with Gasteiger partial charge in [0.1, 0.15) is 0 Å². The highest BCUT2D eigenvalue weighted by Crippen LogP contribution is 2.34. The summed E-state index contributed by atoms with van der Waals surface area (Å²) in [4.78, 5) is 23.5. The van der Waals surface area contributed by atoms with Crippen LogP contribution in [0.2, 0.25) is 5.02 Å². The molecule has 0 spiro atoms. The standard InChI is InChI=1S/C21H14ClF3N2O5S/c22-16-11-13(21(23,24)25)8-9-18(16)27-33(31,32)14-5-3-4-12(10-14)19(28)26-17-7-2-1-6-15(17)20(29)30/h1-11,27H,(H,26,28)(H,29,30). The van der Waals surface area contributed by atoms with Crippen molar-refractivity contribution < 1.29 is 36.3 Å². The van der Waals surface area contributed by atoms with Crippen molar-refractivity contribution in [3.8, 4) is 0 Å². The zero-order chi connectivity index (χ0) is 24.4. The molecule has 0 unspecified atom stereocenters. The van der Waals surface area contributed by atoms with Crippen molar-refractivity contribution in [2.75, 3.05) is 10.0 Å². The Morgan fingerprint density at radius 1 is 0.909 bits per heavy atom. The van der Waals surface area contributed by atoms with Crippen LogP contribution in [0.15, 0.2) is 71.6 Å². The van der Waals surface area contributed by atoms with Gasteiger partial charge in [-0.3, -0.25) is 9.52 Å². The monoisotopic (exact) mass is 498 g/mol. The molecule has 0 atom stereocenters. The second-order valence-electron chi connectivity index (χ2n) is 6.63. The zero-order valence-electron chi connectivity index (χ0n) is 16.4. The molecule has 3 rings (SSSR count). The Labute approximate surface area is 190 Å². The first-order valence-corrected chi connectivity index (χ1v) is 10.9. The fraction of sp³-hybridized carbons (Fsp3) is 0.0476. The molecule has 0 saturated heterocycles. The molecular weight excluding hydrogens is 485 g/mol. The number of alkyl halides is 3. The van der Waals surface area contributed by atoms with Crippen molar-refractivity contribution in [1.82, 2.24) is 0 Å². The first-order chi connectivity index (χ1) is 15.4. The summed E-state index contributed by atoms with van der Waals surface area (Å²) in [6, 6.07) is 12.6. The molecular formula is C21H14ClF3N2O5S. The van der Waals surface area contributed by atoms with Crippen molar-refractivity contribution in [1.29, 1.82) is 0 Å². The van der Waals surface area contributed by atoms with Crippen LogP contribution in [0.3, 0.4) is 0 Å². The minimum absolute atomic E-state index is 0.0120. The van der Waals surface area contributed by atoms with E-state index in [1.54, 1.807) is 0 Å². The highest BCUT2D eigenvalue weighted by atomic mass is 35.5. The van der Waals surface area contributed by atoms with Crippen LogP contribution in [0.1, 0.15) is 26.3 Å². The van der Waals surface area contributed by atoms with Gasteiger partial charge in [0.2, 0.25) is 0 Å². The van der Waals surface area contributed by atoms with Crippen molar-refractivity contribution in [3.63, 3.8) is 0 Å². The molecule has 3 aromatic carbocycles. The number of carbonyl (C=O) groups excluding carboxylic acids is 1. The number of rotatable bonds is 6. The van der Waals surface area contributed by atoms with E-state index >= 15 is 0 Å². The van der Waals surface area contributed by atoms with Gasteiger partial charge in [-0.05, 0) is 48.5 Å². The maximum absolute atomic E-state index is 12.8. The Balaban J connectivity index is 1.85. The van der Waals surface area contributed by atoms with Gasteiger partial charge in [0, 0.05) is 5.56 Å². The van der Waals surface area contributed by atoms with Crippen LogP contribution in [0.25, 0.3) is 0 Å². The van der Waals surface area contributed by atoms with Crippen LogP contribution in [-0.4, -0.2) is 25.4 Å². The number of benzene rings is 3. The fourth-order valence-electron chi connectivity index (χ4n) is 2.76. The molecule has 0 radical (unpaired) electrons. The molecule has 33 heavy (non-hydrogen) atoms. The number of hydrogen-bond acceptors (Lipinski definition) is 4. The average Bonchev–Trinajstić information content (AvgIpc) is 2.74. The molecule has 1 amide bonds. The Bertz CT molecular complexity index is 1340. The largest absolute Gasteiger partial charge is 0.478 e. The normalized spacial score (nSPS) is 11.6. The number of carboxylic acid groups (broad SMARTS) is 1. The summed E-state index contributed by atoms with van der Waals surface area (Å²) in [5.74, 6) is -2.03. The number of carboxylic acids is 1. The lowest BCUT2D eigenvalue weighted by Crippen LogP contribution is -2.17. The number of halogens is 4. The molecule has 0 heterocycles. The van der Waals surface area contributed by atoms with E-state index in [0.29, 0.717) is 12.1 Å². The molecule has 0 bridgehead atoms. The first kappa shape index (κ1) is 24.1. The fourth-order valence-corrected chi connectivity index (χ4v) is 4.16. The van der Waals surface area contributed by atoms with Crippen LogP contribution >= 0.6 is 11.6 Å². The number of hydrogen-bond donors (Lipinski definition) is 3. The minimum Gasteiger partial charge on any atom is -0.478 e. The van der Waals surface area contributed by atoms with Gasteiger partial charge < -0.3 is 10.4 Å². The molecule has 0 aliphatic rings. The highest BCUT2D eigenvalue weighted by Gasteiger charge is 2.31. The van der Waals surface area contributed by atoms with Gasteiger partial charge in [-0.25, -0.2) is 13.2 Å². The Hall–Kier alpha value is -3.57. The second-order valence-corrected chi connectivity index (χ2v) is 8.72. The van der Waals surface area contributed by atoms with E-state index in [9.17, 15) is 36.3 Å². The number of anilines is 2. The van der Waals surface area contributed by atoms with E-state index in [2.05, 4.69) is 10.0 Å². The number of sulfonamides is 1. The van der Waals surface area contributed by atoms with Crippen molar-refractivity contribution >= 4 is 44.9 Å². The summed E-state index contributed by atoms with van der Waals surface area (Å²) >= 11 is 5.80. The zero-order valence-corrected chi connectivity index (χ0v) is 17.9. The Kier molecular flexibility index (Phi) is 6.65. The maximum atomic E-state index is 12.8. The van der Waals surface area contributed by atoms with E-state index in [4.69, 9.17) is 11.6 Å². The van der Waals surface area contributed by atoms with Crippen LogP contribution in [0.4, 0.5) is 24.5 Å². The average molecular weight is 499 g/mol. The maximum Gasteiger partial charge on any atom is 0.416 e. The number of nitrogens with one attached hydrogen (secondary N) is 2. The molecule has 3 aromatic rings. The SMILES string of the molecule is O=C(Nc1ccccc1C(=O)O)c1cccc(S(=O)(=O)Nc2ccc(C(F)(F)F)cc2Cl)c1. The third kappa shape index (κ3) is 5.62. The predicted molar refractivity (Wildman–Crippen MR) is 115 cm³/mol. The summed E-state index contributed by atoms with van der Waals surface area (Å²) in [5.41, 5.74) is -1.58. The van der Waals surface area contributed by atoms with Gasteiger partial charge in [0.05, 0.1) is 32.4 Å². The Morgan fingerprint density at radius 2 is 1.61 bits per heavy atom. The lowest BCUT2D eigenvalue weighted by atomic mass is 10.1. The van der Waals surface area contributed by atoms with E-state index in [1.165, 1.54) is 42.5 Å². The van der Waals surface area contributed by atoms with Crippen LogP contribution in [0, 0.1) is 0 Å². The third-order valence-electron chi connectivity index (χ3n) is 4.35. The van der Waals surface area contributed by atoms with Gasteiger partial charge in [-0.15, -0.1) is 0 Å². The molecule has 172 valence electrons. The summed E-state index contributed by atoms with van der Waals surface area (Å²) in [6.07, 6.45) is -4.65. The predicted octanol–water partition coefficient (Wildman–Crippen LogP) is 5.11. The molecule has 3 N–H and O–H groups in total. The van der Waals surface area contributed by atoms with E-state index in [1.807, 2.05) is 0 Å². The van der Waals surface area contributed by atoms with Gasteiger partial charge in [-0.2, -0.15) is 13.2 Å². The summed E-state index contributed by atoms with van der Waals surface area (Å²) in [5, 5.41) is 11.2. The molecule has 7 nitrogen and oxygen atoms in total. The van der Waals surface area contributed by atoms with Gasteiger partial charge >= 0.3 is 12.1 Å². The minimum atomic E-state index is -4.65. The molecule has 0 fully saturated rings. The highest BCUT2D eigenvalue weighted by molar-refractivity contribution is 7.92. The van der Waals surface area contributed by atoms with Gasteiger partial charge in [-0.1, -0.05) is 29.8 Å². The number of carbonyl (C=O) groups is 2. The number of aromatic carboxylic acids is 1. The quantitative estimate of drug-likeness (QED) is 0.437.